The second-order valence-corrected chi connectivity index (χ2v) is 7.11. The Labute approximate surface area is 183 Å². The first-order valence-corrected chi connectivity index (χ1v) is 9.70. The van der Waals surface area contributed by atoms with Crippen molar-refractivity contribution in [1.82, 2.24) is 0 Å². The van der Waals surface area contributed by atoms with Crippen LogP contribution in [0.2, 0.25) is 5.02 Å². The first kappa shape index (κ1) is 20.5. The topological polar surface area (TPSA) is 81.3 Å². The molecular formula is C24H18ClNO5. The first-order valence-electron chi connectivity index (χ1n) is 9.32. The summed E-state index contributed by atoms with van der Waals surface area (Å²) in [6.45, 7) is 0. The number of hydrogen-bond donors (Lipinski definition) is 1. The van der Waals surface area contributed by atoms with E-state index in [4.69, 9.17) is 35.6 Å². The van der Waals surface area contributed by atoms with Gasteiger partial charge in [0, 0.05) is 22.0 Å². The van der Waals surface area contributed by atoms with E-state index in [2.05, 4.69) is 0 Å². The van der Waals surface area contributed by atoms with Gasteiger partial charge in [-0.2, -0.15) is 0 Å². The molecule has 1 N–H and O–H groups in total. The maximum Gasteiger partial charge on any atom is 0.335 e. The zero-order valence-electron chi connectivity index (χ0n) is 16.8. The molecule has 0 spiro atoms. The smallest absolute Gasteiger partial charge is 0.335 e. The molecule has 0 aliphatic carbocycles. The molecule has 0 unspecified atom stereocenters. The van der Waals surface area contributed by atoms with Crippen LogP contribution in [0.3, 0.4) is 0 Å². The molecule has 7 heteroatoms. The second-order valence-electron chi connectivity index (χ2n) is 6.67. The van der Waals surface area contributed by atoms with Crippen molar-refractivity contribution in [2.45, 2.75) is 0 Å². The van der Waals surface area contributed by atoms with Crippen molar-refractivity contribution in [3.8, 4) is 22.8 Å². The van der Waals surface area contributed by atoms with E-state index in [-0.39, 0.29) is 5.56 Å². The number of aromatic carboxylic acids is 1. The Morgan fingerprint density at radius 2 is 1.68 bits per heavy atom. The average molecular weight is 436 g/mol. The Bertz CT molecular complexity index is 1340. The molecule has 0 aliphatic rings. The summed E-state index contributed by atoms with van der Waals surface area (Å²) in [6.07, 6.45) is 0. The number of fused-ring (bicyclic) bond motifs is 1. The predicted octanol–water partition coefficient (Wildman–Crippen LogP) is 5.70. The molecule has 3 aromatic carbocycles. The Morgan fingerprint density at radius 3 is 2.35 bits per heavy atom. The Morgan fingerprint density at radius 1 is 0.935 bits per heavy atom. The average Bonchev–Trinajstić information content (AvgIpc) is 2.79. The highest BCUT2D eigenvalue weighted by Gasteiger charge is 2.11. The lowest BCUT2D eigenvalue weighted by Crippen LogP contribution is -2.03. The largest absolute Gasteiger partial charge is 0.493 e. The van der Waals surface area contributed by atoms with E-state index in [1.165, 1.54) is 12.1 Å². The molecule has 0 aliphatic heterocycles. The molecule has 1 aromatic heterocycles. The number of methoxy groups -OCH3 is 2. The van der Waals surface area contributed by atoms with Crippen LogP contribution in [0.25, 0.3) is 22.3 Å². The van der Waals surface area contributed by atoms with E-state index < -0.39 is 5.97 Å². The van der Waals surface area contributed by atoms with E-state index >= 15 is 0 Å². The minimum atomic E-state index is -0.988. The van der Waals surface area contributed by atoms with Gasteiger partial charge in [0.25, 0.3) is 0 Å². The van der Waals surface area contributed by atoms with E-state index in [0.717, 1.165) is 10.9 Å². The third kappa shape index (κ3) is 4.25. The number of ether oxygens (including phenoxy) is 2. The van der Waals surface area contributed by atoms with Crippen LogP contribution in [0.1, 0.15) is 10.4 Å². The highest BCUT2D eigenvalue weighted by Crippen LogP contribution is 2.33. The van der Waals surface area contributed by atoms with Crippen molar-refractivity contribution in [3.63, 3.8) is 0 Å². The Balaban J connectivity index is 1.92. The second kappa shape index (κ2) is 8.53. The molecule has 31 heavy (non-hydrogen) atoms. The SMILES string of the molecule is COc1ccc(-c2cc(=Nc3ccc(C(=O)O)cc3)c3cc(Cl)ccc3o2)cc1OC. The van der Waals surface area contributed by atoms with Gasteiger partial charge in [0.15, 0.2) is 11.5 Å². The molecule has 0 saturated carbocycles. The zero-order chi connectivity index (χ0) is 22.0. The third-order valence-electron chi connectivity index (χ3n) is 4.74. The van der Waals surface area contributed by atoms with Crippen molar-refractivity contribution >= 4 is 34.2 Å². The maximum atomic E-state index is 11.1. The fourth-order valence-electron chi connectivity index (χ4n) is 3.18. The summed E-state index contributed by atoms with van der Waals surface area (Å²) in [7, 11) is 3.15. The summed E-state index contributed by atoms with van der Waals surface area (Å²) >= 11 is 6.20. The molecule has 0 radical (unpaired) electrons. The molecule has 0 atom stereocenters. The van der Waals surface area contributed by atoms with Crippen LogP contribution in [0.4, 0.5) is 5.69 Å². The molecule has 156 valence electrons. The summed E-state index contributed by atoms with van der Waals surface area (Å²) in [5.41, 5.74) is 2.20. The van der Waals surface area contributed by atoms with Crippen LogP contribution >= 0.6 is 11.6 Å². The zero-order valence-corrected chi connectivity index (χ0v) is 17.5. The predicted molar refractivity (Wildman–Crippen MR) is 118 cm³/mol. The number of nitrogens with zero attached hydrogens (tertiary/aromatic N) is 1. The fraction of sp³-hybridized carbons (Fsp3) is 0.0833. The maximum absolute atomic E-state index is 11.1. The summed E-state index contributed by atoms with van der Waals surface area (Å²) in [6, 6.07) is 19.0. The van der Waals surface area contributed by atoms with Gasteiger partial charge in [0.05, 0.1) is 30.8 Å². The highest BCUT2D eigenvalue weighted by molar-refractivity contribution is 6.31. The van der Waals surface area contributed by atoms with E-state index in [9.17, 15) is 4.79 Å². The normalized spacial score (nSPS) is 11.5. The van der Waals surface area contributed by atoms with Crippen LogP contribution in [-0.2, 0) is 0 Å². The van der Waals surface area contributed by atoms with Gasteiger partial charge in [0.2, 0.25) is 0 Å². The van der Waals surface area contributed by atoms with Crippen LogP contribution in [0, 0.1) is 0 Å². The van der Waals surface area contributed by atoms with E-state index in [1.54, 1.807) is 50.6 Å². The lowest BCUT2D eigenvalue weighted by atomic mass is 10.1. The molecule has 1 heterocycles. The number of carboxylic acids is 1. The van der Waals surface area contributed by atoms with Gasteiger partial charge in [-0.15, -0.1) is 0 Å². The van der Waals surface area contributed by atoms with Crippen molar-refractivity contribution < 1.29 is 23.8 Å². The highest BCUT2D eigenvalue weighted by atomic mass is 35.5. The minimum Gasteiger partial charge on any atom is -0.493 e. The Kier molecular flexibility index (Phi) is 5.64. The molecule has 4 aromatic rings. The molecular weight excluding hydrogens is 418 g/mol. The number of carboxylic acid groups (broad SMARTS) is 1. The summed E-state index contributed by atoms with van der Waals surface area (Å²) in [4.78, 5) is 15.8. The molecule has 0 amide bonds. The lowest BCUT2D eigenvalue weighted by Gasteiger charge is -2.10. The Hall–Kier alpha value is -3.77. The first-order chi connectivity index (χ1) is 15.0. The van der Waals surface area contributed by atoms with Crippen LogP contribution in [0.5, 0.6) is 11.5 Å². The van der Waals surface area contributed by atoms with Crippen LogP contribution in [0.15, 0.2) is 76.1 Å². The van der Waals surface area contributed by atoms with Gasteiger partial charge in [0.1, 0.15) is 11.3 Å². The molecule has 0 saturated heterocycles. The van der Waals surface area contributed by atoms with Gasteiger partial charge in [-0.05, 0) is 60.7 Å². The number of carbonyl (C=O) groups is 1. The molecule has 0 fully saturated rings. The van der Waals surface area contributed by atoms with Crippen LogP contribution in [-0.4, -0.2) is 25.3 Å². The van der Waals surface area contributed by atoms with Crippen LogP contribution < -0.4 is 14.8 Å². The van der Waals surface area contributed by atoms with Gasteiger partial charge >= 0.3 is 5.97 Å². The standard InChI is InChI=1S/C24H18ClNO5/c1-29-21-9-5-15(11-23(21)30-2)22-13-19(18-12-16(25)6-10-20(18)31-22)26-17-7-3-14(4-8-17)24(27)28/h3-13H,1-2H3,(H,27,28). The quantitative estimate of drug-likeness (QED) is 0.434. The minimum absolute atomic E-state index is 0.195. The number of rotatable bonds is 5. The number of hydrogen-bond acceptors (Lipinski definition) is 5. The lowest BCUT2D eigenvalue weighted by molar-refractivity contribution is 0.0697. The van der Waals surface area contributed by atoms with Crippen molar-refractivity contribution in [2.75, 3.05) is 14.2 Å². The number of halogens is 1. The molecule has 6 nitrogen and oxygen atoms in total. The summed E-state index contributed by atoms with van der Waals surface area (Å²) in [5, 5.41) is 11.0. The van der Waals surface area contributed by atoms with Crippen molar-refractivity contribution in [2.24, 2.45) is 4.99 Å². The monoisotopic (exact) mass is 435 g/mol. The van der Waals surface area contributed by atoms with Gasteiger partial charge in [-0.3, -0.25) is 0 Å². The fourth-order valence-corrected chi connectivity index (χ4v) is 3.36. The van der Waals surface area contributed by atoms with E-state index in [0.29, 0.717) is 38.9 Å². The molecule has 0 bridgehead atoms. The van der Waals surface area contributed by atoms with Gasteiger partial charge in [-0.1, -0.05) is 11.6 Å². The summed E-state index contributed by atoms with van der Waals surface area (Å²) in [5.74, 6) is 0.783. The molecule has 4 rings (SSSR count). The van der Waals surface area contributed by atoms with E-state index in [1.807, 2.05) is 18.2 Å². The number of benzene rings is 3. The van der Waals surface area contributed by atoms with Gasteiger partial charge in [-0.25, -0.2) is 9.79 Å². The third-order valence-corrected chi connectivity index (χ3v) is 4.97. The van der Waals surface area contributed by atoms with Crippen molar-refractivity contribution in [1.29, 1.82) is 0 Å². The van der Waals surface area contributed by atoms with Gasteiger partial charge < -0.3 is 19.0 Å². The van der Waals surface area contributed by atoms with Crippen molar-refractivity contribution in [3.05, 3.63) is 82.7 Å². The summed E-state index contributed by atoms with van der Waals surface area (Å²) < 4.78 is 16.8.